The predicted molar refractivity (Wildman–Crippen MR) is 69.5 cm³/mol. The third kappa shape index (κ3) is 3.36. The molecule has 0 bridgehead atoms. The fraction of sp³-hybridized carbons (Fsp3) is 0.571. The molecule has 2 N–H and O–H groups in total. The Bertz CT molecular complexity index is 399. The highest BCUT2D eigenvalue weighted by Crippen LogP contribution is 2.42. The summed E-state index contributed by atoms with van der Waals surface area (Å²) in [6.07, 6.45) is 7.17. The van der Waals surface area contributed by atoms with Crippen LogP contribution in [0.25, 0.3) is 0 Å². The summed E-state index contributed by atoms with van der Waals surface area (Å²) in [7, 11) is 0. The summed E-state index contributed by atoms with van der Waals surface area (Å²) in [5.74, 6) is -3.08. The number of allylic oxidation sites excluding steroid dienone is 2. The minimum atomic E-state index is -1.38. The molecule has 3 atom stereocenters. The maximum absolute atomic E-state index is 11.6. The fourth-order valence-electron chi connectivity index (χ4n) is 2.53. The van der Waals surface area contributed by atoms with Crippen LogP contribution in [0.4, 0.5) is 0 Å². The van der Waals surface area contributed by atoms with Crippen LogP contribution in [-0.4, -0.2) is 28.3 Å². The Morgan fingerprint density at radius 1 is 1.53 bits per heavy atom. The van der Waals surface area contributed by atoms with E-state index in [1.165, 1.54) is 12.3 Å². The molecule has 5 heteroatoms. The second-order valence-electron chi connectivity index (χ2n) is 4.84. The van der Waals surface area contributed by atoms with Crippen molar-refractivity contribution < 1.29 is 24.5 Å². The van der Waals surface area contributed by atoms with E-state index in [-0.39, 0.29) is 12.5 Å². The summed E-state index contributed by atoms with van der Waals surface area (Å²) in [5.41, 5.74) is -1.38. The molecule has 0 heterocycles. The summed E-state index contributed by atoms with van der Waals surface area (Å²) in [5, 5.41) is 18.8. The van der Waals surface area contributed by atoms with E-state index in [2.05, 4.69) is 0 Å². The van der Waals surface area contributed by atoms with E-state index in [9.17, 15) is 19.8 Å². The number of aliphatic carboxylic acids is 2. The van der Waals surface area contributed by atoms with Crippen molar-refractivity contribution in [1.82, 2.24) is 0 Å². The van der Waals surface area contributed by atoms with Crippen molar-refractivity contribution in [1.29, 1.82) is 0 Å². The molecule has 3 unspecified atom stereocenters. The standard InChI is InChI=1S/C14H20O5/c1-3-8-19-10(2)9-14(13(17)18)7-5-4-6-11(14)12(15)16/h3,5,7-8,10-11H,4,6,9H2,1-2H3,(H,15,16)(H,17,18). The number of rotatable bonds is 6. The van der Waals surface area contributed by atoms with Crippen molar-refractivity contribution in [2.45, 2.75) is 39.2 Å². The fourth-order valence-corrected chi connectivity index (χ4v) is 2.53. The molecular weight excluding hydrogens is 248 g/mol. The molecule has 19 heavy (non-hydrogen) atoms. The van der Waals surface area contributed by atoms with Crippen LogP contribution in [0.5, 0.6) is 0 Å². The van der Waals surface area contributed by atoms with E-state index in [0.29, 0.717) is 12.8 Å². The Balaban J connectivity index is 3.00. The molecule has 0 aromatic heterocycles. The van der Waals surface area contributed by atoms with Gasteiger partial charge in [0.25, 0.3) is 0 Å². The van der Waals surface area contributed by atoms with Crippen molar-refractivity contribution in [2.75, 3.05) is 0 Å². The summed E-state index contributed by atoms with van der Waals surface area (Å²) in [6, 6.07) is 0. The second-order valence-corrected chi connectivity index (χ2v) is 4.84. The van der Waals surface area contributed by atoms with Crippen molar-refractivity contribution in [3.05, 3.63) is 24.5 Å². The normalized spacial score (nSPS) is 28.2. The Morgan fingerprint density at radius 2 is 2.21 bits per heavy atom. The summed E-state index contributed by atoms with van der Waals surface area (Å²) < 4.78 is 5.33. The van der Waals surface area contributed by atoms with Gasteiger partial charge in [0.2, 0.25) is 0 Å². The molecule has 0 radical (unpaired) electrons. The number of hydrogen-bond donors (Lipinski definition) is 2. The zero-order valence-electron chi connectivity index (χ0n) is 11.2. The molecule has 0 aromatic rings. The lowest BCUT2D eigenvalue weighted by Gasteiger charge is -2.36. The van der Waals surface area contributed by atoms with Crippen molar-refractivity contribution in [3.63, 3.8) is 0 Å². The van der Waals surface area contributed by atoms with Gasteiger partial charge in [0.1, 0.15) is 5.41 Å². The van der Waals surface area contributed by atoms with Crippen molar-refractivity contribution in [3.8, 4) is 0 Å². The van der Waals surface area contributed by atoms with E-state index in [0.717, 1.165) is 0 Å². The summed E-state index contributed by atoms with van der Waals surface area (Å²) >= 11 is 0. The van der Waals surface area contributed by atoms with E-state index in [1.807, 2.05) is 0 Å². The highest BCUT2D eigenvalue weighted by Gasteiger charge is 2.49. The molecule has 0 saturated carbocycles. The third-order valence-corrected chi connectivity index (χ3v) is 3.43. The summed E-state index contributed by atoms with van der Waals surface area (Å²) in [6.45, 7) is 3.53. The van der Waals surface area contributed by atoms with Crippen LogP contribution in [-0.2, 0) is 14.3 Å². The third-order valence-electron chi connectivity index (χ3n) is 3.43. The van der Waals surface area contributed by atoms with Crippen LogP contribution in [0.1, 0.15) is 33.1 Å². The van der Waals surface area contributed by atoms with Crippen molar-refractivity contribution >= 4 is 11.9 Å². The van der Waals surface area contributed by atoms with Gasteiger partial charge < -0.3 is 14.9 Å². The second kappa shape index (κ2) is 6.41. The molecule has 0 fully saturated rings. The van der Waals surface area contributed by atoms with Gasteiger partial charge in [0.15, 0.2) is 0 Å². The maximum atomic E-state index is 11.6. The van der Waals surface area contributed by atoms with E-state index >= 15 is 0 Å². The molecule has 0 amide bonds. The van der Waals surface area contributed by atoms with Gasteiger partial charge >= 0.3 is 11.9 Å². The quantitative estimate of drug-likeness (QED) is 0.571. The molecule has 0 spiro atoms. The molecule has 0 saturated heterocycles. The minimum Gasteiger partial charge on any atom is -0.499 e. The molecule has 0 aromatic carbocycles. The van der Waals surface area contributed by atoms with Crippen LogP contribution >= 0.6 is 0 Å². The molecule has 1 aliphatic rings. The lowest BCUT2D eigenvalue weighted by atomic mass is 9.67. The van der Waals surface area contributed by atoms with Gasteiger partial charge in [-0.05, 0) is 26.7 Å². The Kier molecular flexibility index (Phi) is 5.15. The van der Waals surface area contributed by atoms with Gasteiger partial charge in [-0.1, -0.05) is 18.2 Å². The predicted octanol–water partition coefficient (Wildman–Crippen LogP) is 2.44. The highest BCUT2D eigenvalue weighted by molar-refractivity contribution is 5.85. The van der Waals surface area contributed by atoms with Crippen molar-refractivity contribution in [2.24, 2.45) is 11.3 Å². The number of carbonyl (C=O) groups is 2. The molecule has 106 valence electrons. The van der Waals surface area contributed by atoms with Gasteiger partial charge in [0, 0.05) is 6.42 Å². The maximum Gasteiger partial charge on any atom is 0.314 e. The number of ether oxygens (including phenoxy) is 1. The summed E-state index contributed by atoms with van der Waals surface area (Å²) in [4.78, 5) is 22.9. The largest absolute Gasteiger partial charge is 0.499 e. The van der Waals surface area contributed by atoms with Crippen LogP contribution < -0.4 is 0 Å². The van der Waals surface area contributed by atoms with Gasteiger partial charge in [-0.25, -0.2) is 0 Å². The number of hydrogen-bond acceptors (Lipinski definition) is 3. The first-order valence-corrected chi connectivity index (χ1v) is 6.34. The van der Waals surface area contributed by atoms with Crippen LogP contribution in [0.15, 0.2) is 24.5 Å². The van der Waals surface area contributed by atoms with E-state index in [1.54, 1.807) is 26.0 Å². The van der Waals surface area contributed by atoms with Gasteiger partial charge in [-0.3, -0.25) is 9.59 Å². The average molecular weight is 268 g/mol. The molecule has 1 rings (SSSR count). The topological polar surface area (TPSA) is 83.8 Å². The lowest BCUT2D eigenvalue weighted by molar-refractivity contribution is -0.161. The smallest absolute Gasteiger partial charge is 0.314 e. The van der Waals surface area contributed by atoms with Crippen LogP contribution in [0.2, 0.25) is 0 Å². The Labute approximate surface area is 112 Å². The Morgan fingerprint density at radius 3 is 2.74 bits per heavy atom. The first-order chi connectivity index (χ1) is 8.94. The monoisotopic (exact) mass is 268 g/mol. The molecular formula is C14H20O5. The highest BCUT2D eigenvalue weighted by atomic mass is 16.5. The Hall–Kier alpha value is -1.78. The van der Waals surface area contributed by atoms with Gasteiger partial charge in [0.05, 0.1) is 18.3 Å². The number of carboxylic acids is 2. The zero-order valence-corrected chi connectivity index (χ0v) is 11.2. The van der Waals surface area contributed by atoms with Gasteiger partial charge in [-0.15, -0.1) is 0 Å². The first kappa shape index (κ1) is 15.3. The van der Waals surface area contributed by atoms with Crippen LogP contribution in [0.3, 0.4) is 0 Å². The zero-order chi connectivity index (χ0) is 14.5. The van der Waals surface area contributed by atoms with Crippen LogP contribution in [0, 0.1) is 11.3 Å². The molecule has 5 nitrogen and oxygen atoms in total. The SMILES string of the molecule is CC=COC(C)CC1(C(=O)O)C=CCCC1C(=O)O. The van der Waals surface area contributed by atoms with E-state index < -0.39 is 23.3 Å². The average Bonchev–Trinajstić information content (AvgIpc) is 2.36. The molecule has 0 aliphatic heterocycles. The minimum absolute atomic E-state index is 0.139. The van der Waals surface area contributed by atoms with E-state index in [4.69, 9.17) is 4.74 Å². The lowest BCUT2D eigenvalue weighted by Crippen LogP contribution is -2.44. The number of carboxylic acid groups (broad SMARTS) is 2. The van der Waals surface area contributed by atoms with Gasteiger partial charge in [-0.2, -0.15) is 0 Å². The molecule has 1 aliphatic carbocycles. The first-order valence-electron chi connectivity index (χ1n) is 6.34.